The van der Waals surface area contributed by atoms with E-state index in [4.69, 9.17) is 4.74 Å². The van der Waals surface area contributed by atoms with Crippen molar-refractivity contribution >= 4 is 0 Å². The Morgan fingerprint density at radius 1 is 1.29 bits per heavy atom. The highest BCUT2D eigenvalue weighted by atomic mass is 16.5. The van der Waals surface area contributed by atoms with Crippen molar-refractivity contribution in [3.8, 4) is 0 Å². The quantitative estimate of drug-likeness (QED) is 0.668. The number of aliphatic hydroxyl groups excluding tert-OH is 1. The van der Waals surface area contributed by atoms with Gasteiger partial charge in [-0.15, -0.1) is 0 Å². The lowest BCUT2D eigenvalue weighted by Gasteiger charge is -2.48. The third-order valence-electron chi connectivity index (χ3n) is 3.44. The number of unbranched alkanes of at least 4 members (excludes halogenated alkanes) is 3. The van der Waals surface area contributed by atoms with Crippen LogP contribution in [0.3, 0.4) is 0 Å². The molecule has 1 aliphatic rings. The third-order valence-corrected chi connectivity index (χ3v) is 3.44. The highest BCUT2D eigenvalue weighted by Crippen LogP contribution is 2.42. The summed E-state index contributed by atoms with van der Waals surface area (Å²) < 4.78 is 5.75. The van der Waals surface area contributed by atoms with Crippen molar-refractivity contribution in [3.63, 3.8) is 0 Å². The summed E-state index contributed by atoms with van der Waals surface area (Å²) >= 11 is 0. The number of rotatable bonds is 6. The predicted molar refractivity (Wildman–Crippen MR) is 58.3 cm³/mol. The van der Waals surface area contributed by atoms with Gasteiger partial charge in [-0.25, -0.2) is 0 Å². The monoisotopic (exact) mass is 200 g/mol. The summed E-state index contributed by atoms with van der Waals surface area (Å²) in [4.78, 5) is 0. The number of ether oxygens (including phenoxy) is 1. The molecule has 2 atom stereocenters. The maximum atomic E-state index is 9.51. The minimum atomic E-state index is -0.164. The summed E-state index contributed by atoms with van der Waals surface area (Å²) in [7, 11) is 0. The molecule has 84 valence electrons. The second-order valence-electron chi connectivity index (χ2n) is 4.99. The third kappa shape index (κ3) is 2.71. The van der Waals surface area contributed by atoms with Crippen molar-refractivity contribution in [3.05, 3.63) is 0 Å². The summed E-state index contributed by atoms with van der Waals surface area (Å²) in [5.41, 5.74) is -0.0231. The maximum Gasteiger partial charge on any atom is 0.0675 e. The summed E-state index contributed by atoms with van der Waals surface area (Å²) in [6, 6.07) is 0. The predicted octanol–water partition coefficient (Wildman–Crippen LogP) is 2.74. The molecule has 14 heavy (non-hydrogen) atoms. The van der Waals surface area contributed by atoms with Gasteiger partial charge >= 0.3 is 0 Å². The Morgan fingerprint density at radius 3 is 2.50 bits per heavy atom. The van der Waals surface area contributed by atoms with Crippen molar-refractivity contribution in [1.82, 2.24) is 0 Å². The highest BCUT2D eigenvalue weighted by molar-refractivity contribution is 4.98. The Balaban J connectivity index is 2.03. The summed E-state index contributed by atoms with van der Waals surface area (Å²) in [5.74, 6) is 0. The van der Waals surface area contributed by atoms with Gasteiger partial charge in [0, 0.05) is 18.4 Å². The van der Waals surface area contributed by atoms with Gasteiger partial charge in [0.2, 0.25) is 0 Å². The summed E-state index contributed by atoms with van der Waals surface area (Å²) in [6.45, 7) is 7.24. The molecule has 1 rings (SSSR count). The van der Waals surface area contributed by atoms with E-state index in [0.29, 0.717) is 0 Å². The van der Waals surface area contributed by atoms with Gasteiger partial charge in [0.15, 0.2) is 0 Å². The zero-order valence-corrected chi connectivity index (χ0v) is 9.75. The molecule has 1 saturated carbocycles. The molecule has 1 fully saturated rings. The lowest BCUT2D eigenvalue weighted by molar-refractivity contribution is -0.175. The number of hydrogen-bond acceptors (Lipinski definition) is 2. The van der Waals surface area contributed by atoms with Gasteiger partial charge in [0.05, 0.1) is 12.2 Å². The van der Waals surface area contributed by atoms with Crippen LogP contribution < -0.4 is 0 Å². The number of hydrogen-bond donors (Lipinski definition) is 1. The van der Waals surface area contributed by atoms with E-state index < -0.39 is 0 Å². The second-order valence-corrected chi connectivity index (χ2v) is 4.99. The molecule has 0 heterocycles. The van der Waals surface area contributed by atoms with Crippen LogP contribution >= 0.6 is 0 Å². The van der Waals surface area contributed by atoms with E-state index in [1.807, 2.05) is 0 Å². The SMILES string of the molecule is CCCCCCOC1CC(O)C1(C)C. The molecule has 1 aliphatic carbocycles. The molecular formula is C12H24O2. The van der Waals surface area contributed by atoms with Crippen LogP contribution in [-0.2, 0) is 4.74 Å². The average molecular weight is 200 g/mol. The topological polar surface area (TPSA) is 29.5 Å². The lowest BCUT2D eigenvalue weighted by Crippen LogP contribution is -2.54. The van der Waals surface area contributed by atoms with E-state index in [1.165, 1.54) is 19.3 Å². The first-order valence-corrected chi connectivity index (χ1v) is 5.88. The summed E-state index contributed by atoms with van der Waals surface area (Å²) in [6.07, 6.45) is 5.94. The van der Waals surface area contributed by atoms with Crippen molar-refractivity contribution in [2.45, 2.75) is 65.1 Å². The molecule has 2 heteroatoms. The Bertz CT molecular complexity index is 166. The fraction of sp³-hybridized carbons (Fsp3) is 1.00. The second kappa shape index (κ2) is 5.13. The standard InChI is InChI=1S/C12H24O2/c1-4-5-6-7-8-14-11-9-10(13)12(11,2)3/h10-11,13H,4-9H2,1-3H3. The molecule has 0 saturated heterocycles. The van der Waals surface area contributed by atoms with Crippen LogP contribution in [0.15, 0.2) is 0 Å². The summed E-state index contributed by atoms with van der Waals surface area (Å²) in [5, 5.41) is 9.51. The van der Waals surface area contributed by atoms with Crippen LogP contribution in [-0.4, -0.2) is 23.9 Å². The molecule has 0 aliphatic heterocycles. The molecular weight excluding hydrogens is 176 g/mol. The van der Waals surface area contributed by atoms with Gasteiger partial charge in [-0.2, -0.15) is 0 Å². The molecule has 0 radical (unpaired) electrons. The van der Waals surface area contributed by atoms with E-state index in [2.05, 4.69) is 20.8 Å². The van der Waals surface area contributed by atoms with E-state index in [0.717, 1.165) is 19.4 Å². The smallest absolute Gasteiger partial charge is 0.0675 e. The first kappa shape index (κ1) is 12.0. The first-order chi connectivity index (χ1) is 6.59. The van der Waals surface area contributed by atoms with Crippen LogP contribution in [0.2, 0.25) is 0 Å². The van der Waals surface area contributed by atoms with Gasteiger partial charge in [-0.05, 0) is 6.42 Å². The molecule has 0 aromatic heterocycles. The number of aliphatic hydroxyl groups is 1. The molecule has 0 bridgehead atoms. The Morgan fingerprint density at radius 2 is 2.00 bits per heavy atom. The van der Waals surface area contributed by atoms with Crippen LogP contribution in [0.5, 0.6) is 0 Å². The zero-order valence-electron chi connectivity index (χ0n) is 9.75. The van der Waals surface area contributed by atoms with Crippen molar-refractivity contribution < 1.29 is 9.84 Å². The van der Waals surface area contributed by atoms with Crippen LogP contribution in [0.25, 0.3) is 0 Å². The van der Waals surface area contributed by atoms with Crippen LogP contribution in [0, 0.1) is 5.41 Å². The average Bonchev–Trinajstić information content (AvgIpc) is 2.16. The molecule has 2 unspecified atom stereocenters. The minimum Gasteiger partial charge on any atom is -0.392 e. The van der Waals surface area contributed by atoms with Crippen molar-refractivity contribution in [2.75, 3.05) is 6.61 Å². The van der Waals surface area contributed by atoms with Crippen LogP contribution in [0.1, 0.15) is 52.9 Å². The highest BCUT2D eigenvalue weighted by Gasteiger charge is 2.47. The van der Waals surface area contributed by atoms with E-state index in [9.17, 15) is 5.11 Å². The molecule has 0 spiro atoms. The van der Waals surface area contributed by atoms with Crippen molar-refractivity contribution in [1.29, 1.82) is 0 Å². The van der Waals surface area contributed by atoms with Gasteiger partial charge in [0.25, 0.3) is 0 Å². The largest absolute Gasteiger partial charge is 0.392 e. The van der Waals surface area contributed by atoms with Gasteiger partial charge in [0.1, 0.15) is 0 Å². The van der Waals surface area contributed by atoms with Gasteiger partial charge < -0.3 is 9.84 Å². The molecule has 2 nitrogen and oxygen atoms in total. The molecule has 0 aromatic carbocycles. The van der Waals surface area contributed by atoms with E-state index >= 15 is 0 Å². The Hall–Kier alpha value is -0.0800. The molecule has 0 aromatic rings. The molecule has 0 amide bonds. The van der Waals surface area contributed by atoms with Gasteiger partial charge in [-0.3, -0.25) is 0 Å². The Labute approximate surface area is 87.7 Å². The van der Waals surface area contributed by atoms with E-state index in [-0.39, 0.29) is 17.6 Å². The Kier molecular flexibility index (Phi) is 4.39. The fourth-order valence-electron chi connectivity index (χ4n) is 1.90. The minimum absolute atomic E-state index is 0.0231. The molecule has 1 N–H and O–H groups in total. The normalized spacial score (nSPS) is 30.0. The van der Waals surface area contributed by atoms with Crippen LogP contribution in [0.4, 0.5) is 0 Å². The first-order valence-electron chi connectivity index (χ1n) is 5.88. The maximum absolute atomic E-state index is 9.51. The lowest BCUT2D eigenvalue weighted by atomic mass is 9.66. The fourth-order valence-corrected chi connectivity index (χ4v) is 1.90. The zero-order chi connectivity index (χ0) is 10.6. The van der Waals surface area contributed by atoms with Gasteiger partial charge in [-0.1, -0.05) is 40.0 Å². The van der Waals surface area contributed by atoms with Crippen molar-refractivity contribution in [2.24, 2.45) is 5.41 Å². The van der Waals surface area contributed by atoms with E-state index in [1.54, 1.807) is 0 Å².